The molecule has 23 heavy (non-hydrogen) atoms. The van der Waals surface area contributed by atoms with Crippen molar-refractivity contribution in [2.75, 3.05) is 13.2 Å². The first-order valence-corrected chi connectivity index (χ1v) is 8.02. The number of hydrogen-bond acceptors (Lipinski definition) is 6. The number of rotatable bonds is 9. The standard InChI is InChI=1S/C12H20F4O6S/c1-10(2,3)22-9(17)8-21-7-5-4-6-11(13,14)12(15,16)23(18,19)20/h4-8H2,1-3H3,(H,18,19,20)/p-1. The normalized spacial score (nSPS) is 13.9. The van der Waals surface area contributed by atoms with Gasteiger partial charge in [-0.3, -0.25) is 0 Å². The minimum atomic E-state index is -6.46. The molecule has 0 bridgehead atoms. The third kappa shape index (κ3) is 7.44. The molecule has 138 valence electrons. The molecule has 0 radical (unpaired) electrons. The number of carbonyl (C=O) groups excluding carboxylic acids is 1. The fourth-order valence-electron chi connectivity index (χ4n) is 1.41. The third-order valence-corrected chi connectivity index (χ3v) is 3.34. The summed E-state index contributed by atoms with van der Waals surface area (Å²) in [7, 11) is -6.46. The SMILES string of the molecule is CC(C)(C)OC(=O)COCCCCC(F)(F)C(F)(F)S(=O)(=O)[O-]. The zero-order valence-electron chi connectivity index (χ0n) is 12.9. The van der Waals surface area contributed by atoms with Crippen molar-refractivity contribution in [3.8, 4) is 0 Å². The average Bonchev–Trinajstić information content (AvgIpc) is 2.29. The highest BCUT2D eigenvalue weighted by Gasteiger charge is 2.60. The van der Waals surface area contributed by atoms with Crippen molar-refractivity contribution in [1.82, 2.24) is 0 Å². The molecule has 0 aromatic carbocycles. The highest BCUT2D eigenvalue weighted by Crippen LogP contribution is 2.41. The molecule has 0 rings (SSSR count). The lowest BCUT2D eigenvalue weighted by atomic mass is 10.1. The Morgan fingerprint density at radius 3 is 2.04 bits per heavy atom. The van der Waals surface area contributed by atoms with Crippen LogP contribution >= 0.6 is 0 Å². The van der Waals surface area contributed by atoms with Gasteiger partial charge in [0.05, 0.1) is 0 Å². The van der Waals surface area contributed by atoms with Crippen molar-refractivity contribution >= 4 is 16.1 Å². The molecule has 0 amide bonds. The monoisotopic (exact) mass is 367 g/mol. The van der Waals surface area contributed by atoms with Crippen LogP contribution in [0.15, 0.2) is 0 Å². The molecule has 0 aromatic heterocycles. The highest BCUT2D eigenvalue weighted by molar-refractivity contribution is 7.86. The van der Waals surface area contributed by atoms with Crippen LogP contribution in [0, 0.1) is 0 Å². The van der Waals surface area contributed by atoms with Gasteiger partial charge in [-0.05, 0) is 33.6 Å². The Labute approximate surface area is 131 Å². The van der Waals surface area contributed by atoms with Crippen molar-refractivity contribution in [2.45, 2.75) is 56.8 Å². The number of carbonyl (C=O) groups is 1. The topological polar surface area (TPSA) is 92.7 Å². The second-order valence-corrected chi connectivity index (χ2v) is 7.19. The van der Waals surface area contributed by atoms with E-state index < -0.39 is 52.3 Å². The molecule has 0 aromatic rings. The lowest BCUT2D eigenvalue weighted by Crippen LogP contribution is -2.46. The zero-order chi connectivity index (χ0) is 18.5. The third-order valence-electron chi connectivity index (χ3n) is 2.41. The van der Waals surface area contributed by atoms with Crippen LogP contribution in [0.4, 0.5) is 17.6 Å². The average molecular weight is 367 g/mol. The molecule has 0 fully saturated rings. The van der Waals surface area contributed by atoms with Crippen LogP contribution in [0.5, 0.6) is 0 Å². The molecular formula is C12H19F4O6S-. The largest absolute Gasteiger partial charge is 0.743 e. The van der Waals surface area contributed by atoms with Gasteiger partial charge in [-0.1, -0.05) is 0 Å². The van der Waals surface area contributed by atoms with Gasteiger partial charge in [0.15, 0.2) is 10.1 Å². The summed E-state index contributed by atoms with van der Waals surface area (Å²) in [5, 5.41) is -5.67. The molecule has 0 spiro atoms. The summed E-state index contributed by atoms with van der Waals surface area (Å²) in [6, 6.07) is 0. The summed E-state index contributed by atoms with van der Waals surface area (Å²) in [5.41, 5.74) is -0.710. The van der Waals surface area contributed by atoms with Gasteiger partial charge in [-0.2, -0.15) is 17.6 Å². The van der Waals surface area contributed by atoms with Gasteiger partial charge in [0.2, 0.25) is 0 Å². The van der Waals surface area contributed by atoms with E-state index >= 15 is 0 Å². The maximum atomic E-state index is 13.1. The predicted molar refractivity (Wildman–Crippen MR) is 70.1 cm³/mol. The summed E-state index contributed by atoms with van der Waals surface area (Å²) in [5.74, 6) is -5.65. The van der Waals surface area contributed by atoms with Crippen LogP contribution in [0.25, 0.3) is 0 Å². The van der Waals surface area contributed by atoms with Gasteiger partial charge in [0.1, 0.15) is 12.2 Å². The molecule has 0 atom stereocenters. The van der Waals surface area contributed by atoms with Crippen LogP contribution in [0.1, 0.15) is 40.0 Å². The van der Waals surface area contributed by atoms with E-state index in [-0.39, 0.29) is 13.0 Å². The molecule has 0 heterocycles. The number of hydrogen-bond donors (Lipinski definition) is 0. The summed E-state index contributed by atoms with van der Waals surface area (Å²) in [4.78, 5) is 11.2. The Kier molecular flexibility index (Phi) is 7.44. The summed E-state index contributed by atoms with van der Waals surface area (Å²) < 4.78 is 92.0. The Bertz CT molecular complexity index is 498. The van der Waals surface area contributed by atoms with Crippen LogP contribution in [0.3, 0.4) is 0 Å². The van der Waals surface area contributed by atoms with E-state index in [0.717, 1.165) is 0 Å². The summed E-state index contributed by atoms with van der Waals surface area (Å²) in [6.45, 7) is 4.29. The molecule has 6 nitrogen and oxygen atoms in total. The first kappa shape index (κ1) is 22.1. The fraction of sp³-hybridized carbons (Fsp3) is 0.917. The zero-order valence-corrected chi connectivity index (χ0v) is 13.7. The van der Waals surface area contributed by atoms with Gasteiger partial charge >= 0.3 is 17.1 Å². The molecule has 0 saturated heterocycles. The minimum absolute atomic E-state index is 0.132. The van der Waals surface area contributed by atoms with E-state index in [1.54, 1.807) is 20.8 Å². The summed E-state index contributed by atoms with van der Waals surface area (Å²) >= 11 is 0. The van der Waals surface area contributed by atoms with Crippen LogP contribution in [-0.4, -0.2) is 48.9 Å². The van der Waals surface area contributed by atoms with Crippen molar-refractivity contribution in [2.24, 2.45) is 0 Å². The summed E-state index contributed by atoms with van der Waals surface area (Å²) in [6.07, 6.45) is -2.16. The molecule has 0 aliphatic carbocycles. The Balaban J connectivity index is 4.12. The molecule has 0 unspecified atom stereocenters. The lowest BCUT2D eigenvalue weighted by Gasteiger charge is -2.28. The second-order valence-electron chi connectivity index (χ2n) is 5.77. The van der Waals surface area contributed by atoms with Crippen LogP contribution < -0.4 is 0 Å². The number of ether oxygens (including phenoxy) is 2. The molecule has 11 heteroatoms. The van der Waals surface area contributed by atoms with E-state index in [0.29, 0.717) is 0 Å². The second kappa shape index (κ2) is 7.75. The number of unbranched alkanes of at least 4 members (excludes halogenated alkanes) is 1. The number of esters is 1. The quantitative estimate of drug-likeness (QED) is 0.269. The van der Waals surface area contributed by atoms with Crippen molar-refractivity contribution < 1.29 is 44.8 Å². The van der Waals surface area contributed by atoms with E-state index in [1.165, 1.54) is 0 Å². The molecule has 0 N–H and O–H groups in total. The highest BCUT2D eigenvalue weighted by atomic mass is 32.2. The number of alkyl halides is 4. The molecule has 0 saturated carbocycles. The Morgan fingerprint density at radius 2 is 1.61 bits per heavy atom. The Morgan fingerprint density at radius 1 is 1.09 bits per heavy atom. The van der Waals surface area contributed by atoms with Gasteiger partial charge in [-0.15, -0.1) is 0 Å². The first-order valence-electron chi connectivity index (χ1n) is 6.61. The van der Waals surface area contributed by atoms with E-state index in [2.05, 4.69) is 0 Å². The molecule has 0 aliphatic rings. The molecular weight excluding hydrogens is 348 g/mol. The van der Waals surface area contributed by atoms with Gasteiger partial charge in [0.25, 0.3) is 0 Å². The Hall–Kier alpha value is -0.940. The van der Waals surface area contributed by atoms with Crippen LogP contribution in [0.2, 0.25) is 0 Å². The van der Waals surface area contributed by atoms with Gasteiger partial charge in [-0.25, -0.2) is 13.2 Å². The van der Waals surface area contributed by atoms with Crippen LogP contribution in [-0.2, 0) is 24.4 Å². The predicted octanol–water partition coefficient (Wildman–Crippen LogP) is 2.29. The van der Waals surface area contributed by atoms with Crippen molar-refractivity contribution in [1.29, 1.82) is 0 Å². The molecule has 0 aliphatic heterocycles. The maximum absolute atomic E-state index is 13.1. The van der Waals surface area contributed by atoms with E-state index in [4.69, 9.17) is 9.47 Å². The fourth-order valence-corrected chi connectivity index (χ4v) is 1.87. The van der Waals surface area contributed by atoms with Crippen molar-refractivity contribution in [3.05, 3.63) is 0 Å². The van der Waals surface area contributed by atoms with Crippen molar-refractivity contribution in [3.63, 3.8) is 0 Å². The minimum Gasteiger partial charge on any atom is -0.743 e. The first-order chi connectivity index (χ1) is 10.1. The lowest BCUT2D eigenvalue weighted by molar-refractivity contribution is -0.166. The maximum Gasteiger partial charge on any atom is 0.396 e. The smallest absolute Gasteiger partial charge is 0.396 e. The van der Waals surface area contributed by atoms with Gasteiger partial charge in [0, 0.05) is 13.0 Å². The van der Waals surface area contributed by atoms with Gasteiger partial charge < -0.3 is 14.0 Å². The van der Waals surface area contributed by atoms with E-state index in [9.17, 15) is 35.3 Å². The van der Waals surface area contributed by atoms with E-state index in [1.807, 2.05) is 0 Å². The number of halogens is 4.